The molecule has 2 rings (SSSR count). The highest BCUT2D eigenvalue weighted by Crippen LogP contribution is 2.37. The van der Waals surface area contributed by atoms with Gasteiger partial charge in [0.25, 0.3) is 0 Å². The number of nitrogens with one attached hydrogen (secondary N) is 1. The zero-order chi connectivity index (χ0) is 15.6. The first-order valence-electron chi connectivity index (χ1n) is 6.16. The monoisotopic (exact) mass is 361 g/mol. The van der Waals surface area contributed by atoms with Crippen LogP contribution in [0.25, 0.3) is 0 Å². The summed E-state index contributed by atoms with van der Waals surface area (Å²) in [5.41, 5.74) is -0.0575. The SMILES string of the molecule is CC(Nc1cc(Br)ccc1C(F)(F)F)c1ccc(F)cc1. The Bertz CT molecular complexity index is 623. The van der Waals surface area contributed by atoms with Crippen molar-refractivity contribution in [2.75, 3.05) is 5.32 Å². The summed E-state index contributed by atoms with van der Waals surface area (Å²) >= 11 is 3.16. The van der Waals surface area contributed by atoms with Crippen molar-refractivity contribution in [3.63, 3.8) is 0 Å². The molecule has 0 saturated carbocycles. The maximum atomic E-state index is 13.0. The van der Waals surface area contributed by atoms with Crippen LogP contribution in [0.2, 0.25) is 0 Å². The normalized spacial score (nSPS) is 13.0. The van der Waals surface area contributed by atoms with Gasteiger partial charge < -0.3 is 5.32 Å². The Balaban J connectivity index is 2.30. The summed E-state index contributed by atoms with van der Waals surface area (Å²) in [6, 6.07) is 8.98. The molecule has 1 unspecified atom stereocenters. The number of hydrogen-bond donors (Lipinski definition) is 1. The molecule has 1 nitrogen and oxygen atoms in total. The van der Waals surface area contributed by atoms with Crippen LogP contribution in [0.4, 0.5) is 23.2 Å². The van der Waals surface area contributed by atoms with Crippen molar-refractivity contribution in [3.05, 3.63) is 63.9 Å². The Hall–Kier alpha value is -1.56. The predicted octanol–water partition coefficient (Wildman–Crippen LogP) is 5.78. The van der Waals surface area contributed by atoms with Gasteiger partial charge >= 0.3 is 6.18 Å². The molecule has 0 bridgehead atoms. The number of hydrogen-bond acceptors (Lipinski definition) is 1. The fraction of sp³-hybridized carbons (Fsp3) is 0.200. The first-order valence-corrected chi connectivity index (χ1v) is 6.95. The van der Waals surface area contributed by atoms with Crippen LogP contribution in [-0.2, 0) is 6.18 Å². The lowest BCUT2D eigenvalue weighted by Gasteiger charge is -2.20. The number of rotatable bonds is 3. The molecule has 0 saturated heterocycles. The minimum Gasteiger partial charge on any atom is -0.378 e. The molecule has 0 aromatic heterocycles. The maximum absolute atomic E-state index is 13.0. The Labute approximate surface area is 128 Å². The molecule has 21 heavy (non-hydrogen) atoms. The molecule has 0 fully saturated rings. The Morgan fingerprint density at radius 3 is 2.24 bits per heavy atom. The summed E-state index contributed by atoms with van der Waals surface area (Å²) < 4.78 is 52.4. The van der Waals surface area contributed by atoms with E-state index in [9.17, 15) is 17.6 Å². The molecule has 2 aromatic carbocycles. The molecule has 0 radical (unpaired) electrons. The molecule has 1 N–H and O–H groups in total. The van der Waals surface area contributed by atoms with E-state index >= 15 is 0 Å². The van der Waals surface area contributed by atoms with Gasteiger partial charge in [0, 0.05) is 16.2 Å². The van der Waals surface area contributed by atoms with Crippen molar-refractivity contribution < 1.29 is 17.6 Å². The summed E-state index contributed by atoms with van der Waals surface area (Å²) in [5, 5.41) is 2.82. The molecule has 0 aliphatic heterocycles. The molecule has 0 spiro atoms. The van der Waals surface area contributed by atoms with E-state index in [1.807, 2.05) is 0 Å². The van der Waals surface area contributed by atoms with Crippen molar-refractivity contribution >= 4 is 21.6 Å². The summed E-state index contributed by atoms with van der Waals surface area (Å²) in [4.78, 5) is 0. The van der Waals surface area contributed by atoms with Crippen molar-refractivity contribution in [3.8, 4) is 0 Å². The Kier molecular flexibility index (Phi) is 4.56. The Morgan fingerprint density at radius 2 is 1.67 bits per heavy atom. The highest BCUT2D eigenvalue weighted by atomic mass is 79.9. The van der Waals surface area contributed by atoms with E-state index in [2.05, 4.69) is 21.2 Å². The van der Waals surface area contributed by atoms with E-state index in [1.54, 1.807) is 6.92 Å². The van der Waals surface area contributed by atoms with Crippen molar-refractivity contribution in [1.29, 1.82) is 0 Å². The number of anilines is 1. The third kappa shape index (κ3) is 3.97. The summed E-state index contributed by atoms with van der Waals surface area (Å²) in [5.74, 6) is -0.385. The second-order valence-electron chi connectivity index (χ2n) is 4.61. The van der Waals surface area contributed by atoms with Crippen LogP contribution < -0.4 is 5.32 Å². The van der Waals surface area contributed by atoms with Crippen LogP contribution >= 0.6 is 15.9 Å². The van der Waals surface area contributed by atoms with E-state index in [-0.39, 0.29) is 17.5 Å². The van der Waals surface area contributed by atoms with E-state index in [0.29, 0.717) is 10.0 Å². The summed E-state index contributed by atoms with van der Waals surface area (Å²) in [6.45, 7) is 1.72. The third-order valence-electron chi connectivity index (χ3n) is 3.03. The average Bonchev–Trinajstić information content (AvgIpc) is 2.38. The molecule has 0 amide bonds. The van der Waals surface area contributed by atoms with Crippen LogP contribution in [0, 0.1) is 5.82 Å². The largest absolute Gasteiger partial charge is 0.418 e. The van der Waals surface area contributed by atoms with Crippen LogP contribution in [0.15, 0.2) is 46.9 Å². The highest BCUT2D eigenvalue weighted by Gasteiger charge is 2.33. The van der Waals surface area contributed by atoms with Crippen LogP contribution in [0.3, 0.4) is 0 Å². The second kappa shape index (κ2) is 6.05. The minimum absolute atomic E-state index is 0.0197. The van der Waals surface area contributed by atoms with Gasteiger partial charge in [-0.1, -0.05) is 28.1 Å². The van der Waals surface area contributed by atoms with E-state index in [0.717, 1.165) is 6.07 Å². The second-order valence-corrected chi connectivity index (χ2v) is 5.52. The summed E-state index contributed by atoms with van der Waals surface area (Å²) in [7, 11) is 0. The van der Waals surface area contributed by atoms with Gasteiger partial charge in [-0.25, -0.2) is 4.39 Å². The van der Waals surface area contributed by atoms with E-state index in [1.165, 1.54) is 36.4 Å². The lowest BCUT2D eigenvalue weighted by Crippen LogP contribution is -2.13. The molecular formula is C15H12BrF4N. The van der Waals surface area contributed by atoms with Gasteiger partial charge in [-0.3, -0.25) is 0 Å². The van der Waals surface area contributed by atoms with Crippen LogP contribution in [-0.4, -0.2) is 0 Å². The number of halogens is 5. The van der Waals surface area contributed by atoms with Gasteiger partial charge in [0.1, 0.15) is 5.82 Å². The fourth-order valence-electron chi connectivity index (χ4n) is 1.95. The maximum Gasteiger partial charge on any atom is 0.418 e. The Morgan fingerprint density at radius 1 is 1.05 bits per heavy atom. The van der Waals surface area contributed by atoms with Gasteiger partial charge in [0.05, 0.1) is 5.56 Å². The molecule has 0 aliphatic carbocycles. The average molecular weight is 362 g/mol. The molecule has 2 aromatic rings. The number of alkyl halides is 3. The first kappa shape index (κ1) is 15.8. The van der Waals surface area contributed by atoms with Crippen LogP contribution in [0.1, 0.15) is 24.1 Å². The van der Waals surface area contributed by atoms with Gasteiger partial charge in [-0.2, -0.15) is 13.2 Å². The van der Waals surface area contributed by atoms with Gasteiger partial charge in [0.15, 0.2) is 0 Å². The van der Waals surface area contributed by atoms with Gasteiger partial charge in [-0.15, -0.1) is 0 Å². The van der Waals surface area contributed by atoms with Gasteiger partial charge in [-0.05, 0) is 42.8 Å². The lowest BCUT2D eigenvalue weighted by atomic mass is 10.1. The first-order chi connectivity index (χ1) is 9.77. The van der Waals surface area contributed by atoms with Crippen molar-refractivity contribution in [2.45, 2.75) is 19.1 Å². The van der Waals surface area contributed by atoms with Crippen LogP contribution in [0.5, 0.6) is 0 Å². The molecule has 1 atom stereocenters. The standard InChI is InChI=1S/C15H12BrF4N/c1-9(10-2-5-12(17)6-3-10)21-14-8-11(16)4-7-13(14)15(18,19)20/h2-9,21H,1H3. The van der Waals surface area contributed by atoms with Crippen molar-refractivity contribution in [1.82, 2.24) is 0 Å². The molecule has 0 aliphatic rings. The quantitative estimate of drug-likeness (QED) is 0.683. The summed E-state index contributed by atoms with van der Waals surface area (Å²) in [6.07, 6.45) is -4.44. The number of benzene rings is 2. The smallest absolute Gasteiger partial charge is 0.378 e. The molecule has 112 valence electrons. The van der Waals surface area contributed by atoms with E-state index < -0.39 is 11.7 Å². The predicted molar refractivity (Wildman–Crippen MR) is 77.6 cm³/mol. The third-order valence-corrected chi connectivity index (χ3v) is 3.52. The zero-order valence-electron chi connectivity index (χ0n) is 11.0. The minimum atomic E-state index is -4.44. The van der Waals surface area contributed by atoms with E-state index in [4.69, 9.17) is 0 Å². The topological polar surface area (TPSA) is 12.0 Å². The van der Waals surface area contributed by atoms with Crippen molar-refractivity contribution in [2.24, 2.45) is 0 Å². The zero-order valence-corrected chi connectivity index (χ0v) is 12.6. The molecular weight excluding hydrogens is 350 g/mol. The highest BCUT2D eigenvalue weighted by molar-refractivity contribution is 9.10. The lowest BCUT2D eigenvalue weighted by molar-refractivity contribution is -0.137. The fourth-order valence-corrected chi connectivity index (χ4v) is 2.31. The van der Waals surface area contributed by atoms with Gasteiger partial charge in [0.2, 0.25) is 0 Å². The molecule has 0 heterocycles. The molecule has 6 heteroatoms.